The van der Waals surface area contributed by atoms with Gasteiger partial charge in [-0.05, 0) is 25.1 Å². The van der Waals surface area contributed by atoms with Crippen molar-refractivity contribution in [2.45, 2.75) is 19.1 Å². The molecule has 0 radical (unpaired) electrons. The Morgan fingerprint density at radius 2 is 2.43 bits per heavy atom. The second kappa shape index (κ2) is 7.17. The molecule has 7 heteroatoms. The lowest BCUT2D eigenvalue weighted by molar-refractivity contribution is -0.119. The fraction of sp³-hybridized carbons (Fsp3) is 0.500. The Balaban J connectivity index is 1.89. The summed E-state index contributed by atoms with van der Waals surface area (Å²) in [7, 11) is 0. The van der Waals surface area contributed by atoms with Gasteiger partial charge in [-0.15, -0.1) is 0 Å². The van der Waals surface area contributed by atoms with Crippen molar-refractivity contribution >= 4 is 23.2 Å². The van der Waals surface area contributed by atoms with Gasteiger partial charge in [0.2, 0.25) is 5.91 Å². The number of nitrogens with two attached hydrogens (primary N) is 1. The Kier molecular flexibility index (Phi) is 5.52. The fourth-order valence-corrected chi connectivity index (χ4v) is 2.34. The van der Waals surface area contributed by atoms with Gasteiger partial charge in [-0.1, -0.05) is 11.6 Å². The summed E-state index contributed by atoms with van der Waals surface area (Å²) in [6, 6.07) is 4.04. The Labute approximate surface area is 128 Å². The second-order valence-corrected chi connectivity index (χ2v) is 5.61. The standard InChI is InChI=1S/C14H19ClFN3O2/c1-9(17)13-7-19(4-5-21-13)8-14(20)18-12-3-2-10(15)6-11(12)16/h2-3,6,9,13H,4-5,7-8,17H2,1H3,(H,18,20). The number of morpholine rings is 1. The van der Waals surface area contributed by atoms with Crippen molar-refractivity contribution < 1.29 is 13.9 Å². The number of anilines is 1. The fourth-order valence-electron chi connectivity index (χ4n) is 2.18. The average Bonchev–Trinajstić information content (AvgIpc) is 2.42. The van der Waals surface area contributed by atoms with Gasteiger partial charge in [0.15, 0.2) is 0 Å². The molecule has 1 aliphatic heterocycles. The lowest BCUT2D eigenvalue weighted by Gasteiger charge is -2.34. The molecule has 1 amide bonds. The molecule has 2 atom stereocenters. The van der Waals surface area contributed by atoms with Gasteiger partial charge in [0.05, 0.1) is 24.9 Å². The van der Waals surface area contributed by atoms with Gasteiger partial charge in [-0.3, -0.25) is 9.69 Å². The molecule has 0 spiro atoms. The predicted octanol–water partition coefficient (Wildman–Crippen LogP) is 1.47. The first kappa shape index (κ1) is 16.2. The molecule has 0 bridgehead atoms. The predicted molar refractivity (Wildman–Crippen MR) is 79.9 cm³/mol. The van der Waals surface area contributed by atoms with Crippen molar-refractivity contribution in [3.05, 3.63) is 29.0 Å². The van der Waals surface area contributed by atoms with Crippen LogP contribution < -0.4 is 11.1 Å². The van der Waals surface area contributed by atoms with E-state index in [0.29, 0.717) is 24.7 Å². The third-order valence-electron chi connectivity index (χ3n) is 3.34. The minimum Gasteiger partial charge on any atom is -0.374 e. The molecule has 116 valence electrons. The summed E-state index contributed by atoms with van der Waals surface area (Å²) < 4.78 is 19.1. The van der Waals surface area contributed by atoms with Gasteiger partial charge in [-0.2, -0.15) is 0 Å². The summed E-state index contributed by atoms with van der Waals surface area (Å²) in [6.07, 6.45) is -0.0844. The van der Waals surface area contributed by atoms with E-state index in [1.807, 2.05) is 11.8 Å². The van der Waals surface area contributed by atoms with E-state index >= 15 is 0 Å². The number of ether oxygens (including phenoxy) is 1. The Bertz CT molecular complexity index is 513. The van der Waals surface area contributed by atoms with Crippen molar-refractivity contribution in [2.75, 3.05) is 31.6 Å². The van der Waals surface area contributed by atoms with Gasteiger partial charge in [0.25, 0.3) is 0 Å². The van der Waals surface area contributed by atoms with E-state index in [2.05, 4.69) is 5.32 Å². The van der Waals surface area contributed by atoms with E-state index < -0.39 is 5.82 Å². The zero-order chi connectivity index (χ0) is 15.4. The van der Waals surface area contributed by atoms with Crippen LogP contribution >= 0.6 is 11.6 Å². The number of benzene rings is 1. The Hall–Kier alpha value is -1.21. The van der Waals surface area contributed by atoms with Gasteiger partial charge in [0, 0.05) is 24.2 Å². The largest absolute Gasteiger partial charge is 0.374 e. The van der Waals surface area contributed by atoms with Gasteiger partial charge < -0.3 is 15.8 Å². The van der Waals surface area contributed by atoms with Crippen molar-refractivity contribution in [2.24, 2.45) is 5.73 Å². The summed E-state index contributed by atoms with van der Waals surface area (Å²) >= 11 is 5.67. The third-order valence-corrected chi connectivity index (χ3v) is 3.57. The normalized spacial score (nSPS) is 21.0. The van der Waals surface area contributed by atoms with E-state index in [1.165, 1.54) is 12.1 Å². The maximum atomic E-state index is 13.6. The van der Waals surface area contributed by atoms with E-state index in [9.17, 15) is 9.18 Å². The zero-order valence-corrected chi connectivity index (χ0v) is 12.6. The highest BCUT2D eigenvalue weighted by molar-refractivity contribution is 6.30. The number of carbonyl (C=O) groups is 1. The highest BCUT2D eigenvalue weighted by Crippen LogP contribution is 2.19. The number of nitrogens with one attached hydrogen (secondary N) is 1. The molecule has 2 unspecified atom stereocenters. The lowest BCUT2D eigenvalue weighted by atomic mass is 10.1. The number of amides is 1. The first-order valence-electron chi connectivity index (χ1n) is 6.80. The van der Waals surface area contributed by atoms with Crippen LogP contribution in [-0.4, -0.2) is 49.2 Å². The molecular weight excluding hydrogens is 297 g/mol. The van der Waals surface area contributed by atoms with E-state index in [-0.39, 0.29) is 30.3 Å². The molecule has 1 aromatic rings. The molecule has 1 aliphatic rings. The van der Waals surface area contributed by atoms with Crippen LogP contribution in [0.2, 0.25) is 5.02 Å². The maximum absolute atomic E-state index is 13.6. The molecule has 0 aliphatic carbocycles. The van der Waals surface area contributed by atoms with Crippen LogP contribution in [0.5, 0.6) is 0 Å². The minimum absolute atomic E-state index is 0.0844. The molecule has 5 nitrogen and oxygen atoms in total. The van der Waals surface area contributed by atoms with Crippen molar-refractivity contribution in [3.63, 3.8) is 0 Å². The first-order chi connectivity index (χ1) is 9.95. The Morgan fingerprint density at radius 1 is 1.67 bits per heavy atom. The van der Waals surface area contributed by atoms with Crippen LogP contribution in [0.4, 0.5) is 10.1 Å². The molecule has 0 saturated carbocycles. The van der Waals surface area contributed by atoms with E-state index in [0.717, 1.165) is 6.07 Å². The highest BCUT2D eigenvalue weighted by atomic mass is 35.5. The van der Waals surface area contributed by atoms with Crippen molar-refractivity contribution in [3.8, 4) is 0 Å². The molecule has 1 heterocycles. The number of carbonyl (C=O) groups excluding carboxylic acids is 1. The summed E-state index contributed by atoms with van der Waals surface area (Å²) in [6.45, 7) is 3.83. The summed E-state index contributed by atoms with van der Waals surface area (Å²) in [5.41, 5.74) is 5.93. The number of hydrogen-bond donors (Lipinski definition) is 2. The van der Waals surface area contributed by atoms with Crippen LogP contribution in [-0.2, 0) is 9.53 Å². The molecule has 21 heavy (non-hydrogen) atoms. The third kappa shape index (κ3) is 4.64. The van der Waals surface area contributed by atoms with Crippen LogP contribution in [0.1, 0.15) is 6.92 Å². The van der Waals surface area contributed by atoms with Crippen molar-refractivity contribution in [1.82, 2.24) is 4.90 Å². The average molecular weight is 316 g/mol. The van der Waals surface area contributed by atoms with Gasteiger partial charge in [0.1, 0.15) is 5.82 Å². The highest BCUT2D eigenvalue weighted by Gasteiger charge is 2.24. The minimum atomic E-state index is -0.550. The lowest BCUT2D eigenvalue weighted by Crippen LogP contribution is -2.51. The maximum Gasteiger partial charge on any atom is 0.238 e. The molecule has 2 rings (SSSR count). The monoisotopic (exact) mass is 315 g/mol. The van der Waals surface area contributed by atoms with Crippen LogP contribution in [0, 0.1) is 5.82 Å². The number of rotatable bonds is 4. The van der Waals surface area contributed by atoms with Crippen LogP contribution in [0.15, 0.2) is 18.2 Å². The van der Waals surface area contributed by atoms with Gasteiger partial charge in [-0.25, -0.2) is 4.39 Å². The smallest absolute Gasteiger partial charge is 0.238 e. The molecule has 1 aromatic carbocycles. The molecular formula is C14H19ClFN3O2. The van der Waals surface area contributed by atoms with E-state index in [4.69, 9.17) is 22.1 Å². The SMILES string of the molecule is CC(N)C1CN(CC(=O)Nc2ccc(Cl)cc2F)CCO1. The molecule has 0 aromatic heterocycles. The first-order valence-corrected chi connectivity index (χ1v) is 7.18. The zero-order valence-electron chi connectivity index (χ0n) is 11.8. The van der Waals surface area contributed by atoms with E-state index in [1.54, 1.807) is 0 Å². The molecule has 3 N–H and O–H groups in total. The van der Waals surface area contributed by atoms with Gasteiger partial charge >= 0.3 is 0 Å². The number of halogens is 2. The number of nitrogens with zero attached hydrogens (tertiary/aromatic N) is 1. The summed E-state index contributed by atoms with van der Waals surface area (Å²) in [5.74, 6) is -0.826. The summed E-state index contributed by atoms with van der Waals surface area (Å²) in [4.78, 5) is 13.9. The van der Waals surface area contributed by atoms with Crippen molar-refractivity contribution in [1.29, 1.82) is 0 Å². The Morgan fingerprint density at radius 3 is 3.10 bits per heavy atom. The molecule has 1 saturated heterocycles. The quantitative estimate of drug-likeness (QED) is 0.883. The molecule has 1 fully saturated rings. The summed E-state index contributed by atoms with van der Waals surface area (Å²) in [5, 5.41) is 2.83. The second-order valence-electron chi connectivity index (χ2n) is 5.18. The van der Waals surface area contributed by atoms with Crippen LogP contribution in [0.3, 0.4) is 0 Å². The topological polar surface area (TPSA) is 67.6 Å². The van der Waals surface area contributed by atoms with Crippen LogP contribution in [0.25, 0.3) is 0 Å². The number of hydrogen-bond acceptors (Lipinski definition) is 4.